The van der Waals surface area contributed by atoms with Crippen molar-refractivity contribution in [3.05, 3.63) is 103 Å². The molecule has 1 fully saturated rings. The molecule has 3 aromatic carbocycles. The van der Waals surface area contributed by atoms with E-state index in [9.17, 15) is 13.2 Å². The van der Waals surface area contributed by atoms with Gasteiger partial charge in [-0.25, -0.2) is 18.2 Å². The van der Waals surface area contributed by atoms with E-state index in [1.165, 1.54) is 0 Å². The molecule has 1 aliphatic rings. The Hall–Kier alpha value is -4.61. The van der Waals surface area contributed by atoms with E-state index in [0.717, 1.165) is 50.0 Å². The van der Waals surface area contributed by atoms with Crippen molar-refractivity contribution in [3.8, 4) is 17.4 Å². The SMILES string of the molecule is COc1cccc(NC(=O)N(c2ccccc2)C2CCN(Cc3ccc(Oc4ccc(NS(C)(=O)=O)cc4)nc3)CC2)c1. The average Bonchev–Trinajstić information content (AvgIpc) is 3.00. The summed E-state index contributed by atoms with van der Waals surface area (Å²) in [5, 5.41) is 3.04. The summed E-state index contributed by atoms with van der Waals surface area (Å²) in [6.45, 7) is 2.42. The van der Waals surface area contributed by atoms with E-state index in [1.54, 1.807) is 37.6 Å². The number of nitrogens with one attached hydrogen (secondary N) is 2. The van der Waals surface area contributed by atoms with Crippen molar-refractivity contribution >= 4 is 33.1 Å². The minimum absolute atomic E-state index is 0.0529. The van der Waals surface area contributed by atoms with E-state index in [4.69, 9.17) is 9.47 Å². The zero-order valence-electron chi connectivity index (χ0n) is 24.1. The predicted octanol–water partition coefficient (Wildman–Crippen LogP) is 5.96. The van der Waals surface area contributed by atoms with Crippen molar-refractivity contribution in [1.82, 2.24) is 9.88 Å². The van der Waals surface area contributed by atoms with Gasteiger partial charge < -0.3 is 14.8 Å². The average molecular weight is 602 g/mol. The van der Waals surface area contributed by atoms with E-state index in [2.05, 4.69) is 19.9 Å². The van der Waals surface area contributed by atoms with Gasteiger partial charge in [0, 0.05) is 61.1 Å². The summed E-state index contributed by atoms with van der Waals surface area (Å²) in [5.74, 6) is 1.69. The molecule has 2 amide bonds. The van der Waals surface area contributed by atoms with Crippen molar-refractivity contribution in [1.29, 1.82) is 0 Å². The van der Waals surface area contributed by atoms with Crippen LogP contribution < -0.4 is 24.4 Å². The maximum absolute atomic E-state index is 13.5. The lowest BCUT2D eigenvalue weighted by molar-refractivity contribution is 0.199. The zero-order chi connectivity index (χ0) is 30.2. The molecule has 5 rings (SSSR count). The van der Waals surface area contributed by atoms with Crippen LogP contribution in [0.1, 0.15) is 18.4 Å². The van der Waals surface area contributed by atoms with Crippen molar-refractivity contribution in [2.45, 2.75) is 25.4 Å². The number of carbonyl (C=O) groups is 1. The van der Waals surface area contributed by atoms with E-state index in [-0.39, 0.29) is 12.1 Å². The Morgan fingerprint density at radius 3 is 2.33 bits per heavy atom. The molecule has 0 bridgehead atoms. The first kappa shape index (κ1) is 29.9. The number of methoxy groups -OCH3 is 1. The highest BCUT2D eigenvalue weighted by molar-refractivity contribution is 7.92. The number of likely N-dealkylation sites (tertiary alicyclic amines) is 1. The molecule has 4 aromatic rings. The minimum atomic E-state index is -3.34. The molecule has 0 atom stereocenters. The Labute approximate surface area is 252 Å². The number of hydrogen-bond donors (Lipinski definition) is 2. The van der Waals surface area contributed by atoms with Gasteiger partial charge >= 0.3 is 6.03 Å². The highest BCUT2D eigenvalue weighted by Gasteiger charge is 2.29. The molecule has 0 aliphatic carbocycles. The molecule has 2 N–H and O–H groups in total. The van der Waals surface area contributed by atoms with Crippen LogP contribution in [-0.4, -0.2) is 56.8 Å². The number of benzene rings is 3. The lowest BCUT2D eigenvalue weighted by atomic mass is 10.0. The molecule has 1 aliphatic heterocycles. The highest BCUT2D eigenvalue weighted by Crippen LogP contribution is 2.27. The second-order valence-electron chi connectivity index (χ2n) is 10.4. The first-order valence-corrected chi connectivity index (χ1v) is 15.9. The monoisotopic (exact) mass is 601 g/mol. The van der Waals surface area contributed by atoms with E-state index in [1.807, 2.05) is 71.6 Å². The fourth-order valence-electron chi connectivity index (χ4n) is 5.05. The smallest absolute Gasteiger partial charge is 0.326 e. The van der Waals surface area contributed by atoms with E-state index >= 15 is 0 Å². The largest absolute Gasteiger partial charge is 0.497 e. The fourth-order valence-corrected chi connectivity index (χ4v) is 5.62. The molecule has 10 nitrogen and oxygen atoms in total. The van der Waals surface area contributed by atoms with Crippen molar-refractivity contribution < 1.29 is 22.7 Å². The quantitative estimate of drug-likeness (QED) is 0.231. The molecule has 11 heteroatoms. The first-order valence-electron chi connectivity index (χ1n) is 14.0. The van der Waals surface area contributed by atoms with Crippen LogP contribution in [0.4, 0.5) is 21.9 Å². The van der Waals surface area contributed by atoms with Gasteiger partial charge in [0.1, 0.15) is 11.5 Å². The molecular weight excluding hydrogens is 566 g/mol. The number of amides is 2. The third-order valence-electron chi connectivity index (χ3n) is 7.08. The van der Waals surface area contributed by atoms with Gasteiger partial charge in [-0.3, -0.25) is 14.5 Å². The van der Waals surface area contributed by atoms with Crippen LogP contribution in [0.15, 0.2) is 97.2 Å². The number of aromatic nitrogens is 1. The molecule has 0 saturated carbocycles. The summed E-state index contributed by atoms with van der Waals surface area (Å²) in [4.78, 5) is 22.2. The summed E-state index contributed by atoms with van der Waals surface area (Å²) in [6.07, 6.45) is 4.57. The number of carbonyl (C=O) groups excluding carboxylic acids is 1. The second kappa shape index (κ2) is 13.6. The van der Waals surface area contributed by atoms with Crippen LogP contribution in [0.5, 0.6) is 17.4 Å². The highest BCUT2D eigenvalue weighted by atomic mass is 32.2. The number of nitrogens with zero attached hydrogens (tertiary/aromatic N) is 3. The first-order chi connectivity index (χ1) is 20.8. The summed E-state index contributed by atoms with van der Waals surface area (Å²) < 4.78 is 36.3. The van der Waals surface area contributed by atoms with Crippen LogP contribution in [-0.2, 0) is 16.6 Å². The molecule has 1 saturated heterocycles. The van der Waals surface area contributed by atoms with Gasteiger partial charge in [0.25, 0.3) is 0 Å². The van der Waals surface area contributed by atoms with Crippen LogP contribution in [0, 0.1) is 0 Å². The van der Waals surface area contributed by atoms with Crippen molar-refractivity contribution in [3.63, 3.8) is 0 Å². The van der Waals surface area contributed by atoms with Crippen molar-refractivity contribution in [2.75, 3.05) is 41.4 Å². The lowest BCUT2D eigenvalue weighted by Crippen LogP contribution is -2.49. The predicted molar refractivity (Wildman–Crippen MR) is 168 cm³/mol. The molecular formula is C32H35N5O5S. The molecule has 2 heterocycles. The second-order valence-corrected chi connectivity index (χ2v) is 12.1. The third kappa shape index (κ3) is 8.46. The van der Waals surface area contributed by atoms with Gasteiger partial charge in [-0.2, -0.15) is 0 Å². The Morgan fingerprint density at radius 2 is 1.67 bits per heavy atom. The van der Waals surface area contributed by atoms with Gasteiger partial charge in [0.05, 0.1) is 13.4 Å². The third-order valence-corrected chi connectivity index (χ3v) is 7.69. The number of para-hydroxylation sites is 1. The Balaban J connectivity index is 1.17. The Kier molecular flexibility index (Phi) is 9.43. The Bertz CT molecular complexity index is 1610. The van der Waals surface area contributed by atoms with Crippen LogP contribution in [0.2, 0.25) is 0 Å². The van der Waals surface area contributed by atoms with Crippen LogP contribution in [0.3, 0.4) is 0 Å². The number of sulfonamides is 1. The van der Waals surface area contributed by atoms with Crippen molar-refractivity contribution in [2.24, 2.45) is 0 Å². The van der Waals surface area contributed by atoms with Crippen LogP contribution in [0.25, 0.3) is 0 Å². The maximum atomic E-state index is 13.5. The number of pyridine rings is 1. The standard InChI is InChI=1S/C32H35N5O5S/c1-41-30-10-6-7-26(21-30)34-32(38)37(27-8-4-3-5-9-27)28-17-19-36(20-18-28)23-24-11-16-31(33-22-24)42-29-14-12-25(13-15-29)35-43(2,39)40/h3-16,21-22,28,35H,17-20,23H2,1-2H3,(H,34,38). The fraction of sp³-hybridized carbons (Fsp3) is 0.250. The van der Waals surface area contributed by atoms with Crippen LogP contribution >= 0.6 is 0 Å². The zero-order valence-corrected chi connectivity index (χ0v) is 25.0. The number of rotatable bonds is 10. The molecule has 0 radical (unpaired) electrons. The topological polar surface area (TPSA) is 113 Å². The molecule has 0 spiro atoms. The lowest BCUT2D eigenvalue weighted by Gasteiger charge is -2.38. The van der Waals surface area contributed by atoms with Gasteiger partial charge in [0.15, 0.2) is 0 Å². The number of ether oxygens (including phenoxy) is 2. The molecule has 43 heavy (non-hydrogen) atoms. The van der Waals surface area contributed by atoms with Gasteiger partial charge in [-0.05, 0) is 66.9 Å². The van der Waals surface area contributed by atoms with Gasteiger partial charge in [-0.15, -0.1) is 0 Å². The number of piperidine rings is 1. The number of urea groups is 1. The Morgan fingerprint density at radius 1 is 0.930 bits per heavy atom. The number of anilines is 3. The van der Waals surface area contributed by atoms with Gasteiger partial charge in [0.2, 0.25) is 15.9 Å². The molecule has 1 aromatic heterocycles. The van der Waals surface area contributed by atoms with Gasteiger partial charge in [-0.1, -0.05) is 30.3 Å². The normalized spacial score (nSPS) is 14.1. The molecule has 224 valence electrons. The summed E-state index contributed by atoms with van der Waals surface area (Å²) in [6, 6.07) is 27.5. The minimum Gasteiger partial charge on any atom is -0.497 e. The van der Waals surface area contributed by atoms with E-state index in [0.29, 0.717) is 28.8 Å². The molecule has 0 unspecified atom stereocenters. The summed E-state index contributed by atoms with van der Waals surface area (Å²) in [7, 11) is -1.73. The number of hydrogen-bond acceptors (Lipinski definition) is 7. The summed E-state index contributed by atoms with van der Waals surface area (Å²) in [5.41, 5.74) is 3.08. The summed E-state index contributed by atoms with van der Waals surface area (Å²) >= 11 is 0. The maximum Gasteiger partial charge on any atom is 0.326 e. The van der Waals surface area contributed by atoms with E-state index < -0.39 is 10.0 Å².